The lowest BCUT2D eigenvalue weighted by Crippen LogP contribution is -2.55. The highest BCUT2D eigenvalue weighted by atomic mass is 33.1. The van der Waals surface area contributed by atoms with E-state index in [1.54, 1.807) is 12.1 Å². The molecular weight excluding hydrogens is 1150 g/mol. The minimum Gasteiger partial charge on any atom is -0.508 e. The molecule has 2 aliphatic heterocycles. The highest BCUT2D eigenvalue weighted by Crippen LogP contribution is 2.73. The smallest absolute Gasteiger partial charge is 0.189 e. The number of phenolic OH excluding ortho intramolecular Hbond substituents is 2. The number of hydrogen-bond acceptors (Lipinski definition) is 13. The number of H-pyrrole nitrogens is 1. The predicted octanol–water partition coefficient (Wildman–Crippen LogP) is 12.0. The van der Waals surface area contributed by atoms with E-state index in [0.29, 0.717) is 84.2 Å². The molecule has 18 unspecified atom stereocenters. The van der Waals surface area contributed by atoms with Crippen molar-refractivity contribution in [3.63, 3.8) is 0 Å². The van der Waals surface area contributed by atoms with Crippen molar-refractivity contribution in [1.82, 2.24) is 20.9 Å². The molecule has 0 amide bonds. The van der Waals surface area contributed by atoms with Crippen LogP contribution in [0.2, 0.25) is 0 Å². The van der Waals surface area contributed by atoms with E-state index in [4.69, 9.17) is 25.6 Å². The number of aliphatic imine (C=N–C) groups is 1. The van der Waals surface area contributed by atoms with Gasteiger partial charge in [0.2, 0.25) is 0 Å². The first-order valence-corrected chi connectivity index (χ1v) is 37.1. The van der Waals surface area contributed by atoms with Gasteiger partial charge in [0.05, 0.1) is 18.8 Å². The van der Waals surface area contributed by atoms with Crippen LogP contribution in [0.4, 0.5) is 0 Å². The number of likely N-dealkylation sites (N-methyl/N-ethyl adjacent to an activating group) is 1. The molecule has 13 N–H and O–H groups in total. The van der Waals surface area contributed by atoms with Crippen LogP contribution < -0.4 is 32.2 Å². The second-order valence-corrected chi connectivity index (χ2v) is 32.1. The van der Waals surface area contributed by atoms with Crippen molar-refractivity contribution >= 4 is 27.5 Å². The van der Waals surface area contributed by atoms with Crippen LogP contribution in [-0.4, -0.2) is 105 Å². The molecule has 11 aliphatic rings. The molecule has 4 aromatic rings. The van der Waals surface area contributed by atoms with E-state index < -0.39 is 12.2 Å². The number of fused-ring (bicyclic) bond motifs is 5. The molecule has 14 nitrogen and oxygen atoms in total. The summed E-state index contributed by atoms with van der Waals surface area (Å²) in [5.74, 6) is 9.23. The summed E-state index contributed by atoms with van der Waals surface area (Å²) >= 11 is 0. The molecule has 5 saturated carbocycles. The number of nitrogens with two attached hydrogens (primary N) is 2. The third-order valence-corrected chi connectivity index (χ3v) is 27.0. The van der Waals surface area contributed by atoms with Gasteiger partial charge in [0, 0.05) is 89.8 Å². The fourth-order valence-corrected chi connectivity index (χ4v) is 23.2. The summed E-state index contributed by atoms with van der Waals surface area (Å²) in [6.07, 6.45) is 30.7. The van der Waals surface area contributed by atoms with Gasteiger partial charge in [-0.15, -0.1) is 0 Å². The SMILES string of the molecule is CNCC(NCC(C)O)C1c2cc(C(O)COc3cc(CCc4cc(CO)c(CCC5CCC67C=CC8CC6C(C5)CC(N)C7CSSCC(N=C(N)NC5CCCC(c6cccc(O)c6)C5)C8C)o4)ccc3O)[nH]c2C2C=CC13CCCC3C21CCCC1. The normalized spacial score (nSPS) is 34.7. The fraction of sp³-hybridized carbons (Fsp3) is 0.658. The van der Waals surface area contributed by atoms with Gasteiger partial charge in [-0.25, -0.2) is 4.99 Å². The number of guanidine groups is 1. The van der Waals surface area contributed by atoms with Gasteiger partial charge in [-0.3, -0.25) is 0 Å². The second-order valence-electron chi connectivity index (χ2n) is 29.5. The molecule has 4 heterocycles. The van der Waals surface area contributed by atoms with Crippen LogP contribution >= 0.6 is 21.6 Å². The number of phenols is 2. The second kappa shape index (κ2) is 26.9. The largest absolute Gasteiger partial charge is 0.508 e. The van der Waals surface area contributed by atoms with Gasteiger partial charge in [-0.2, -0.15) is 0 Å². The van der Waals surface area contributed by atoms with E-state index in [1.807, 2.05) is 65.9 Å². The number of aromatic hydroxyl groups is 2. The van der Waals surface area contributed by atoms with Crippen LogP contribution in [0.25, 0.3) is 0 Å². The van der Waals surface area contributed by atoms with Crippen molar-refractivity contribution in [2.45, 2.75) is 203 Å². The molecule has 7 bridgehead atoms. The zero-order valence-electron chi connectivity index (χ0n) is 53.1. The summed E-state index contributed by atoms with van der Waals surface area (Å²) in [5.41, 5.74) is 20.8. The predicted molar refractivity (Wildman–Crippen MR) is 358 cm³/mol. The van der Waals surface area contributed by atoms with Gasteiger partial charge in [-0.1, -0.05) is 96.7 Å². The quantitative estimate of drug-likeness (QED) is 0.0171. The molecule has 2 aromatic carbocycles. The Morgan fingerprint density at radius 1 is 0.865 bits per heavy atom. The number of aromatic amines is 1. The van der Waals surface area contributed by atoms with Crippen LogP contribution in [0, 0.1) is 57.7 Å². The fourth-order valence-electron chi connectivity index (χ4n) is 20.4. The number of benzene rings is 2. The molecule has 484 valence electrons. The topological polar surface area (TPSA) is 240 Å². The van der Waals surface area contributed by atoms with Crippen LogP contribution in [-0.2, 0) is 25.9 Å². The Balaban J connectivity index is 0.640. The standard InChI is InChI=1S/C73H103N7O7S2/c1-43(82)37-77-61(38-76-3)68-55-36-60(79-69(55)56-22-28-73(68)25-8-13-67(73)72(56)23-4-5-24-72)64(85)40-86-66-30-45(15-18-63(66)84)14-17-54-33-51(39-81)65(87-54)19-16-46-20-26-71-27-21-47-34-57(71)50(29-46)35-59(74)58(71)41-88-89-42-62(44(47)2)80-70(75)78-52-11-6-9-48(31-52)49-10-7-12-53(83)32-49/h7,10,12,15,18,21-22,27-28,30,32-33,36,43-44,46-48,50,52,56-59,61-62,64,67-68,76-77,79,81-85H,4-6,8-9,11,13-14,16-17,19-20,23-26,29,31,34-35,37-42,74H2,1-3H3,(H3,75,78,80). The molecule has 18 atom stereocenters. The van der Waals surface area contributed by atoms with Gasteiger partial charge in [0.25, 0.3) is 0 Å². The maximum atomic E-state index is 12.0. The minimum absolute atomic E-state index is 0.00184. The van der Waals surface area contributed by atoms with Crippen LogP contribution in [0.15, 0.2) is 88.3 Å². The summed E-state index contributed by atoms with van der Waals surface area (Å²) in [6.45, 7) is 5.45. The van der Waals surface area contributed by atoms with Gasteiger partial charge in [0.1, 0.15) is 30.0 Å². The Morgan fingerprint density at radius 2 is 1.71 bits per heavy atom. The van der Waals surface area contributed by atoms with Crippen molar-refractivity contribution in [3.8, 4) is 17.2 Å². The number of aromatic nitrogens is 1. The molecule has 0 radical (unpaired) electrons. The first-order chi connectivity index (χ1) is 43.2. The number of nitrogens with one attached hydrogen (secondary N) is 4. The monoisotopic (exact) mass is 1250 g/mol. The molecule has 15 rings (SSSR count). The van der Waals surface area contributed by atoms with E-state index >= 15 is 0 Å². The van der Waals surface area contributed by atoms with E-state index in [-0.39, 0.29) is 71.2 Å². The average molecular weight is 1250 g/mol. The van der Waals surface area contributed by atoms with Crippen molar-refractivity contribution in [3.05, 3.63) is 124 Å². The lowest BCUT2D eigenvalue weighted by atomic mass is 9.50. The lowest BCUT2D eigenvalue weighted by Gasteiger charge is -2.56. The van der Waals surface area contributed by atoms with Crippen molar-refractivity contribution < 1.29 is 34.7 Å². The number of allylic oxidation sites excluding steroid dienone is 4. The first kappa shape index (κ1) is 63.4. The van der Waals surface area contributed by atoms with E-state index in [9.17, 15) is 25.5 Å². The van der Waals surface area contributed by atoms with Gasteiger partial charge < -0.3 is 67.1 Å². The number of furan rings is 1. The van der Waals surface area contributed by atoms with Crippen LogP contribution in [0.5, 0.6) is 17.2 Å². The third kappa shape index (κ3) is 12.6. The Morgan fingerprint density at radius 3 is 2.53 bits per heavy atom. The number of nitrogens with zero attached hydrogens (tertiary/aromatic N) is 1. The van der Waals surface area contributed by atoms with Crippen molar-refractivity contribution in [2.75, 3.05) is 38.2 Å². The number of aliphatic hydroxyl groups excluding tert-OH is 3. The molecule has 16 heteroatoms. The molecule has 2 aromatic heterocycles. The van der Waals surface area contributed by atoms with Gasteiger partial charge >= 0.3 is 0 Å². The van der Waals surface area contributed by atoms with Gasteiger partial charge in [-0.05, 0) is 215 Å². The van der Waals surface area contributed by atoms with E-state index in [0.717, 1.165) is 104 Å². The number of rotatable bonds is 20. The Bertz CT molecular complexity index is 3170. The lowest BCUT2D eigenvalue weighted by molar-refractivity contribution is -0.00497. The highest BCUT2D eigenvalue weighted by Gasteiger charge is 2.65. The summed E-state index contributed by atoms with van der Waals surface area (Å²) in [6, 6.07) is 18.1. The number of aliphatic hydroxyl groups is 3. The summed E-state index contributed by atoms with van der Waals surface area (Å²) in [4.78, 5) is 9.14. The average Bonchev–Trinajstić information content (AvgIpc) is 1.54. The molecular formula is C73H103N7O7S2. The Hall–Kier alpha value is -4.39. The Kier molecular flexibility index (Phi) is 19.2. The van der Waals surface area contributed by atoms with Crippen LogP contribution in [0.1, 0.15) is 192 Å². The summed E-state index contributed by atoms with van der Waals surface area (Å²) in [7, 11) is 5.97. The van der Waals surface area contributed by atoms with E-state index in [1.165, 1.54) is 74.6 Å². The molecule has 6 fully saturated rings. The number of aryl methyl sites for hydroxylation is 3. The zero-order valence-corrected chi connectivity index (χ0v) is 54.7. The summed E-state index contributed by atoms with van der Waals surface area (Å²) < 4.78 is 13.0. The summed E-state index contributed by atoms with van der Waals surface area (Å²) in [5, 5.41) is 65.5. The molecule has 9 aliphatic carbocycles. The molecule has 1 saturated heterocycles. The zero-order chi connectivity index (χ0) is 61.6. The van der Waals surface area contributed by atoms with Crippen molar-refractivity contribution in [1.29, 1.82) is 0 Å². The van der Waals surface area contributed by atoms with E-state index in [2.05, 4.69) is 64.3 Å². The third-order valence-electron chi connectivity index (χ3n) is 24.5. The highest BCUT2D eigenvalue weighted by molar-refractivity contribution is 8.76. The number of hydrogen-bond donors (Lipinski definition) is 11. The molecule has 3 spiro atoms. The molecule has 89 heavy (non-hydrogen) atoms. The van der Waals surface area contributed by atoms with Gasteiger partial charge in [0.15, 0.2) is 17.5 Å². The maximum Gasteiger partial charge on any atom is 0.189 e. The maximum absolute atomic E-state index is 12.0. The van der Waals surface area contributed by atoms with Crippen molar-refractivity contribution in [2.24, 2.45) is 74.1 Å². The Labute approximate surface area is 536 Å². The minimum atomic E-state index is -0.948. The first-order valence-electron chi connectivity index (χ1n) is 34.6. The van der Waals surface area contributed by atoms with Crippen LogP contribution in [0.3, 0.4) is 0 Å². The number of ether oxygens (including phenoxy) is 1.